The topological polar surface area (TPSA) is 35.2 Å². The summed E-state index contributed by atoms with van der Waals surface area (Å²) in [6.07, 6.45) is 1.23. The second kappa shape index (κ2) is 7.70. The minimum atomic E-state index is 0.0879. The smallest absolute Gasteiger partial charge is 0.118 e. The molecule has 0 saturated carbocycles. The highest BCUT2D eigenvalue weighted by atomic mass is 32.2. The highest BCUT2D eigenvalue weighted by Crippen LogP contribution is 2.27. The molecule has 0 radical (unpaired) electrons. The Hall–Kier alpha value is -0.670. The van der Waals surface area contributed by atoms with E-state index in [0.29, 0.717) is 5.25 Å². The fraction of sp³-hybridized carbons (Fsp3) is 0.600. The third-order valence-electron chi connectivity index (χ3n) is 3.35. The maximum atomic E-state index is 6.30. The van der Waals surface area contributed by atoms with Gasteiger partial charge in [-0.05, 0) is 29.4 Å². The molecule has 1 rings (SSSR count). The zero-order valence-corrected chi connectivity index (χ0v) is 12.7. The van der Waals surface area contributed by atoms with Crippen molar-refractivity contribution in [3.8, 4) is 5.75 Å². The van der Waals surface area contributed by atoms with E-state index in [0.717, 1.165) is 11.7 Å². The van der Waals surface area contributed by atoms with Gasteiger partial charge in [0.05, 0.1) is 7.11 Å². The van der Waals surface area contributed by atoms with Crippen molar-refractivity contribution in [1.82, 2.24) is 0 Å². The van der Waals surface area contributed by atoms with Gasteiger partial charge in [-0.25, -0.2) is 0 Å². The molecule has 3 atom stereocenters. The van der Waals surface area contributed by atoms with Crippen LogP contribution in [0.4, 0.5) is 0 Å². The van der Waals surface area contributed by atoms with Crippen LogP contribution in [0.1, 0.15) is 38.8 Å². The van der Waals surface area contributed by atoms with E-state index in [4.69, 9.17) is 10.5 Å². The summed E-state index contributed by atoms with van der Waals surface area (Å²) < 4.78 is 5.16. The Morgan fingerprint density at radius 3 is 2.33 bits per heavy atom. The van der Waals surface area contributed by atoms with Gasteiger partial charge in [-0.1, -0.05) is 39.3 Å². The molecule has 1 aromatic rings. The zero-order chi connectivity index (χ0) is 13.5. The molecule has 102 valence electrons. The van der Waals surface area contributed by atoms with Crippen LogP contribution < -0.4 is 10.5 Å². The quantitative estimate of drug-likeness (QED) is 0.814. The van der Waals surface area contributed by atoms with Gasteiger partial charge >= 0.3 is 0 Å². The van der Waals surface area contributed by atoms with Crippen molar-refractivity contribution in [3.63, 3.8) is 0 Å². The maximum Gasteiger partial charge on any atom is 0.118 e. The van der Waals surface area contributed by atoms with Crippen LogP contribution in [-0.4, -0.2) is 18.1 Å². The molecule has 0 saturated heterocycles. The number of hydrogen-bond donors (Lipinski definition) is 1. The fourth-order valence-electron chi connectivity index (χ4n) is 1.63. The minimum absolute atomic E-state index is 0.0879. The van der Waals surface area contributed by atoms with E-state index in [-0.39, 0.29) is 6.04 Å². The number of nitrogens with two attached hydrogens (primary N) is 1. The van der Waals surface area contributed by atoms with Crippen molar-refractivity contribution >= 4 is 11.8 Å². The van der Waals surface area contributed by atoms with Crippen molar-refractivity contribution in [3.05, 3.63) is 29.8 Å². The van der Waals surface area contributed by atoms with E-state index in [1.54, 1.807) is 7.11 Å². The number of ether oxygens (including phenoxy) is 1. The van der Waals surface area contributed by atoms with Gasteiger partial charge in [0.2, 0.25) is 0 Å². The normalized spacial score (nSPS) is 16.1. The Balaban J connectivity index is 2.53. The van der Waals surface area contributed by atoms with E-state index in [1.165, 1.54) is 17.7 Å². The number of thioether (sulfide) groups is 1. The lowest BCUT2D eigenvalue weighted by Crippen LogP contribution is -2.22. The SMILES string of the molecule is CCC(C)CSC(C)C(N)c1ccc(OC)cc1. The Labute approximate surface area is 115 Å². The van der Waals surface area contributed by atoms with Crippen molar-refractivity contribution in [2.24, 2.45) is 11.7 Å². The molecule has 0 heterocycles. The molecule has 18 heavy (non-hydrogen) atoms. The van der Waals surface area contributed by atoms with Crippen LogP contribution >= 0.6 is 11.8 Å². The molecular formula is C15H25NOS. The van der Waals surface area contributed by atoms with Crippen molar-refractivity contribution < 1.29 is 4.74 Å². The molecule has 0 fully saturated rings. The fourth-order valence-corrected chi connectivity index (χ4v) is 2.87. The molecule has 0 amide bonds. The Kier molecular flexibility index (Phi) is 6.58. The van der Waals surface area contributed by atoms with Crippen LogP contribution in [-0.2, 0) is 0 Å². The molecule has 0 bridgehead atoms. The van der Waals surface area contributed by atoms with Crippen LogP contribution in [0.5, 0.6) is 5.75 Å². The molecule has 3 heteroatoms. The van der Waals surface area contributed by atoms with Gasteiger partial charge in [-0.15, -0.1) is 0 Å². The number of benzene rings is 1. The second-order valence-electron chi connectivity index (χ2n) is 4.85. The highest BCUT2D eigenvalue weighted by Gasteiger charge is 2.16. The average molecular weight is 267 g/mol. The Morgan fingerprint density at radius 1 is 1.22 bits per heavy atom. The van der Waals surface area contributed by atoms with E-state index < -0.39 is 0 Å². The summed E-state index contributed by atoms with van der Waals surface area (Å²) in [5, 5.41) is 0.437. The lowest BCUT2D eigenvalue weighted by molar-refractivity contribution is 0.414. The maximum absolute atomic E-state index is 6.30. The first-order chi connectivity index (χ1) is 8.58. The second-order valence-corrected chi connectivity index (χ2v) is 6.26. The molecule has 2 nitrogen and oxygen atoms in total. The van der Waals surface area contributed by atoms with Crippen molar-refractivity contribution in [2.75, 3.05) is 12.9 Å². The summed E-state index contributed by atoms with van der Waals surface area (Å²) in [5.74, 6) is 2.83. The van der Waals surface area contributed by atoms with Gasteiger partial charge in [0.15, 0.2) is 0 Å². The minimum Gasteiger partial charge on any atom is -0.497 e. The molecule has 0 aromatic heterocycles. The van der Waals surface area contributed by atoms with Crippen LogP contribution in [0.15, 0.2) is 24.3 Å². The molecule has 0 spiro atoms. The van der Waals surface area contributed by atoms with Gasteiger partial charge in [0.1, 0.15) is 5.75 Å². The molecule has 1 aromatic carbocycles. The van der Waals surface area contributed by atoms with E-state index in [1.807, 2.05) is 23.9 Å². The summed E-state index contributed by atoms with van der Waals surface area (Å²) >= 11 is 1.97. The van der Waals surface area contributed by atoms with Gasteiger partial charge < -0.3 is 10.5 Å². The summed E-state index contributed by atoms with van der Waals surface area (Å²) in [7, 11) is 1.68. The van der Waals surface area contributed by atoms with E-state index >= 15 is 0 Å². The summed E-state index contributed by atoms with van der Waals surface area (Å²) in [5.41, 5.74) is 7.48. The first-order valence-electron chi connectivity index (χ1n) is 6.59. The predicted molar refractivity (Wildman–Crippen MR) is 81.3 cm³/mol. The van der Waals surface area contributed by atoms with E-state index in [9.17, 15) is 0 Å². The molecule has 0 aliphatic rings. The average Bonchev–Trinajstić information content (AvgIpc) is 2.43. The van der Waals surface area contributed by atoms with Gasteiger partial charge in [0, 0.05) is 11.3 Å². The Morgan fingerprint density at radius 2 is 1.83 bits per heavy atom. The summed E-state index contributed by atoms with van der Waals surface area (Å²) in [6.45, 7) is 6.74. The molecular weight excluding hydrogens is 242 g/mol. The first kappa shape index (κ1) is 15.4. The van der Waals surface area contributed by atoms with Crippen LogP contribution in [0, 0.1) is 5.92 Å². The van der Waals surface area contributed by atoms with Crippen molar-refractivity contribution in [1.29, 1.82) is 0 Å². The third-order valence-corrected chi connectivity index (χ3v) is 4.93. The standard InChI is InChI=1S/C15H25NOS/c1-5-11(2)10-18-12(3)15(16)13-6-8-14(17-4)9-7-13/h6-9,11-12,15H,5,10,16H2,1-4H3. The largest absolute Gasteiger partial charge is 0.497 e. The van der Waals surface area contributed by atoms with Gasteiger partial charge in [0.25, 0.3) is 0 Å². The van der Waals surface area contributed by atoms with Crippen LogP contribution in [0.2, 0.25) is 0 Å². The zero-order valence-electron chi connectivity index (χ0n) is 11.8. The number of methoxy groups -OCH3 is 1. The van der Waals surface area contributed by atoms with Crippen LogP contribution in [0.3, 0.4) is 0 Å². The first-order valence-corrected chi connectivity index (χ1v) is 7.64. The van der Waals surface area contributed by atoms with Crippen LogP contribution in [0.25, 0.3) is 0 Å². The monoisotopic (exact) mass is 267 g/mol. The highest BCUT2D eigenvalue weighted by molar-refractivity contribution is 7.99. The van der Waals surface area contributed by atoms with Crippen molar-refractivity contribution in [2.45, 2.75) is 38.5 Å². The third kappa shape index (κ3) is 4.54. The Bertz CT molecular complexity index is 339. The molecule has 3 unspecified atom stereocenters. The van der Waals surface area contributed by atoms with Gasteiger partial charge in [-0.3, -0.25) is 0 Å². The summed E-state index contributed by atoms with van der Waals surface area (Å²) in [4.78, 5) is 0. The van der Waals surface area contributed by atoms with E-state index in [2.05, 4.69) is 32.9 Å². The molecule has 2 N–H and O–H groups in total. The lowest BCUT2D eigenvalue weighted by Gasteiger charge is -2.21. The molecule has 0 aliphatic heterocycles. The lowest BCUT2D eigenvalue weighted by atomic mass is 10.1. The number of hydrogen-bond acceptors (Lipinski definition) is 3. The predicted octanol–water partition coefficient (Wildman–Crippen LogP) is 3.86. The number of rotatable bonds is 7. The summed E-state index contributed by atoms with van der Waals surface area (Å²) in [6, 6.07) is 8.15. The van der Waals surface area contributed by atoms with Gasteiger partial charge in [-0.2, -0.15) is 11.8 Å². The molecule has 0 aliphatic carbocycles.